The Bertz CT molecular complexity index is 2350. The maximum atomic E-state index is 12.3. The highest BCUT2D eigenvalue weighted by atomic mass is 16.7. The summed E-state index contributed by atoms with van der Waals surface area (Å²) in [6, 6.07) is 28.7. The maximum Gasteiger partial charge on any atom is 0.303 e. The molecule has 1 unspecified atom stereocenters. The summed E-state index contributed by atoms with van der Waals surface area (Å²) in [7, 11) is 0. The van der Waals surface area contributed by atoms with Crippen LogP contribution in [0, 0.1) is 23.7 Å². The molecule has 0 N–H and O–H groups in total. The van der Waals surface area contributed by atoms with E-state index in [0.717, 1.165) is 54.2 Å². The zero-order valence-electron chi connectivity index (χ0n) is 33.9. The number of carbonyl (C=O) groups excluding carboxylic acids is 4. The lowest BCUT2D eigenvalue weighted by Gasteiger charge is -2.44. The fourth-order valence-electron chi connectivity index (χ4n) is 6.54. The maximum absolute atomic E-state index is 12.3. The first-order valence-electron chi connectivity index (χ1n) is 19.3. The van der Waals surface area contributed by atoms with Gasteiger partial charge >= 0.3 is 23.9 Å². The van der Waals surface area contributed by atoms with Crippen molar-refractivity contribution in [3.05, 3.63) is 138 Å². The second kappa shape index (κ2) is 21.1. The van der Waals surface area contributed by atoms with Crippen molar-refractivity contribution in [2.45, 2.75) is 58.4 Å². The molecule has 2 aromatic heterocycles. The van der Waals surface area contributed by atoms with Crippen molar-refractivity contribution < 1.29 is 52.3 Å². The van der Waals surface area contributed by atoms with E-state index in [-0.39, 0.29) is 13.2 Å². The van der Waals surface area contributed by atoms with Gasteiger partial charge in [0, 0.05) is 63.6 Å². The number of ether oxygens (including phenoxy) is 7. The van der Waals surface area contributed by atoms with Crippen molar-refractivity contribution in [3.8, 4) is 51.7 Å². The first-order chi connectivity index (χ1) is 29.6. The number of rotatable bonds is 12. The van der Waals surface area contributed by atoms with Gasteiger partial charge in [0.25, 0.3) is 0 Å². The number of aromatic nitrogens is 2. The van der Waals surface area contributed by atoms with Gasteiger partial charge in [-0.05, 0) is 70.8 Å². The van der Waals surface area contributed by atoms with E-state index in [1.54, 1.807) is 24.8 Å². The van der Waals surface area contributed by atoms with Crippen LogP contribution >= 0.6 is 0 Å². The van der Waals surface area contributed by atoms with Crippen molar-refractivity contribution in [2.24, 2.45) is 0 Å². The summed E-state index contributed by atoms with van der Waals surface area (Å²) in [5.41, 5.74) is 6.45. The molecule has 1 saturated heterocycles. The van der Waals surface area contributed by atoms with Crippen LogP contribution in [0.3, 0.4) is 0 Å². The Kier molecular flexibility index (Phi) is 15.0. The Morgan fingerprint density at radius 2 is 1.00 bits per heavy atom. The highest BCUT2D eigenvalue weighted by Crippen LogP contribution is 2.31. The number of hydrogen-bond donors (Lipinski definition) is 0. The molecule has 0 saturated carbocycles. The molecule has 13 heteroatoms. The van der Waals surface area contributed by atoms with Crippen LogP contribution in [0.2, 0.25) is 0 Å². The SMILES string of the molecule is CC(=O)OC[C@H]1OC(OCCOc2c(C#Cc3ccccc3-c3ccncc3)cccc2C#Cc2ccccc2-c2ccncc2)[C@H](OC(C)=O)[C@@H](OC(C)=O)[C@@H]1OC(C)=O. The van der Waals surface area contributed by atoms with Crippen molar-refractivity contribution in [3.63, 3.8) is 0 Å². The standard InChI is InChI=1S/C48H42N2O11/c1-31(51)57-30-43-45(58-32(2)52)46(59-33(3)53)47(60-34(4)54)48(61-43)56-29-28-55-44-39(18-16-35-10-5-7-14-41(35)37-20-24-49-25-21-37)12-9-13-40(44)19-17-36-11-6-8-15-42(36)38-22-26-50-27-23-38/h5-15,20-27,43,45-48H,28-30H2,1-4H3/t43-,45-,46+,47-,48?/m1/s1. The van der Waals surface area contributed by atoms with Crippen LogP contribution in [0.4, 0.5) is 0 Å². The molecule has 6 rings (SSSR count). The second-order valence-corrected chi connectivity index (χ2v) is 13.5. The molecule has 13 nitrogen and oxygen atoms in total. The Labute approximate surface area is 353 Å². The van der Waals surface area contributed by atoms with Gasteiger partial charge in [0.15, 0.2) is 30.4 Å². The number of hydrogen-bond acceptors (Lipinski definition) is 13. The third-order valence-electron chi connectivity index (χ3n) is 9.08. The molecule has 310 valence electrons. The van der Waals surface area contributed by atoms with Gasteiger partial charge in [0.1, 0.15) is 19.3 Å². The van der Waals surface area contributed by atoms with Gasteiger partial charge in [-0.3, -0.25) is 29.1 Å². The van der Waals surface area contributed by atoms with Crippen LogP contribution in [0.25, 0.3) is 22.3 Å². The van der Waals surface area contributed by atoms with E-state index < -0.39 is 61.2 Å². The zero-order valence-corrected chi connectivity index (χ0v) is 33.9. The van der Waals surface area contributed by atoms with E-state index in [4.69, 9.17) is 33.2 Å². The molecule has 0 spiro atoms. The predicted molar refractivity (Wildman–Crippen MR) is 221 cm³/mol. The van der Waals surface area contributed by atoms with Crippen LogP contribution in [-0.4, -0.2) is 84.4 Å². The molecule has 3 heterocycles. The monoisotopic (exact) mass is 822 g/mol. The van der Waals surface area contributed by atoms with E-state index >= 15 is 0 Å². The zero-order chi connectivity index (χ0) is 43.1. The molecule has 1 aliphatic heterocycles. The normalized spacial score (nSPS) is 17.9. The number of benzene rings is 3. The third-order valence-corrected chi connectivity index (χ3v) is 9.08. The quantitative estimate of drug-likeness (QED) is 0.0617. The van der Waals surface area contributed by atoms with E-state index in [1.807, 2.05) is 91.0 Å². The molecular weight excluding hydrogens is 781 g/mol. The van der Waals surface area contributed by atoms with Gasteiger partial charge < -0.3 is 33.2 Å². The number of carbonyl (C=O) groups is 4. The van der Waals surface area contributed by atoms with Crippen LogP contribution in [0.5, 0.6) is 5.75 Å². The van der Waals surface area contributed by atoms with Gasteiger partial charge in [0.05, 0.1) is 17.7 Å². The highest BCUT2D eigenvalue weighted by Gasteiger charge is 2.52. The molecule has 0 radical (unpaired) electrons. The Morgan fingerprint density at radius 3 is 1.51 bits per heavy atom. The molecule has 0 bridgehead atoms. The molecule has 0 amide bonds. The van der Waals surface area contributed by atoms with Crippen LogP contribution in [-0.2, 0) is 47.6 Å². The molecule has 1 fully saturated rings. The van der Waals surface area contributed by atoms with E-state index in [1.165, 1.54) is 6.92 Å². The van der Waals surface area contributed by atoms with E-state index in [2.05, 4.69) is 33.6 Å². The Balaban J connectivity index is 1.32. The lowest BCUT2D eigenvalue weighted by atomic mass is 9.98. The topological polar surface area (TPSA) is 159 Å². The third kappa shape index (κ3) is 11.9. The Morgan fingerprint density at radius 1 is 0.541 bits per heavy atom. The van der Waals surface area contributed by atoms with E-state index in [9.17, 15) is 19.2 Å². The second-order valence-electron chi connectivity index (χ2n) is 13.5. The smallest absolute Gasteiger partial charge is 0.303 e. The van der Waals surface area contributed by atoms with Gasteiger partial charge in [-0.25, -0.2) is 0 Å². The lowest BCUT2D eigenvalue weighted by molar-refractivity contribution is -0.308. The van der Waals surface area contributed by atoms with Crippen molar-refractivity contribution in [1.29, 1.82) is 0 Å². The van der Waals surface area contributed by atoms with Crippen LogP contribution < -0.4 is 4.74 Å². The number of pyridine rings is 2. The van der Waals surface area contributed by atoms with Gasteiger partial charge in [-0.15, -0.1) is 0 Å². The molecule has 3 aromatic carbocycles. The molecule has 1 aliphatic rings. The lowest BCUT2D eigenvalue weighted by Crippen LogP contribution is -2.63. The van der Waals surface area contributed by atoms with Crippen LogP contribution in [0.1, 0.15) is 49.9 Å². The van der Waals surface area contributed by atoms with Crippen molar-refractivity contribution in [2.75, 3.05) is 19.8 Å². The molecule has 5 aromatic rings. The first kappa shape index (κ1) is 43.3. The van der Waals surface area contributed by atoms with Crippen LogP contribution in [0.15, 0.2) is 116 Å². The summed E-state index contributed by atoms with van der Waals surface area (Å²) >= 11 is 0. The number of nitrogens with zero attached hydrogens (tertiary/aromatic N) is 2. The number of esters is 4. The summed E-state index contributed by atoms with van der Waals surface area (Å²) in [6.07, 6.45) is 0.266. The fourth-order valence-corrected chi connectivity index (χ4v) is 6.54. The van der Waals surface area contributed by atoms with E-state index in [0.29, 0.717) is 16.9 Å². The van der Waals surface area contributed by atoms with Gasteiger partial charge in [-0.2, -0.15) is 0 Å². The summed E-state index contributed by atoms with van der Waals surface area (Å²) in [6.45, 7) is 4.01. The summed E-state index contributed by atoms with van der Waals surface area (Å²) in [5.74, 6) is 10.7. The summed E-state index contributed by atoms with van der Waals surface area (Å²) in [4.78, 5) is 56.8. The minimum Gasteiger partial charge on any atom is -0.489 e. The summed E-state index contributed by atoms with van der Waals surface area (Å²) in [5, 5.41) is 0. The summed E-state index contributed by atoms with van der Waals surface area (Å²) < 4.78 is 40.3. The van der Waals surface area contributed by atoms with Gasteiger partial charge in [0.2, 0.25) is 0 Å². The minimum absolute atomic E-state index is 0.0819. The highest BCUT2D eigenvalue weighted by molar-refractivity contribution is 5.73. The van der Waals surface area contributed by atoms with Crippen molar-refractivity contribution >= 4 is 23.9 Å². The van der Waals surface area contributed by atoms with Crippen molar-refractivity contribution in [1.82, 2.24) is 9.97 Å². The largest absolute Gasteiger partial charge is 0.489 e. The molecule has 5 atom stereocenters. The predicted octanol–water partition coefficient (Wildman–Crippen LogP) is 6.09. The number of para-hydroxylation sites is 1. The average molecular weight is 823 g/mol. The van der Waals surface area contributed by atoms with Gasteiger partial charge in [-0.1, -0.05) is 66.1 Å². The molecule has 0 aliphatic carbocycles. The average Bonchev–Trinajstić information content (AvgIpc) is 3.25. The fraction of sp³-hybridized carbons (Fsp3) is 0.250. The Hall–Kier alpha value is -7.32. The molecule has 61 heavy (non-hydrogen) atoms. The first-order valence-corrected chi connectivity index (χ1v) is 19.3. The molecular formula is C48H42N2O11. The minimum atomic E-state index is -1.39.